The number of halogens is 1. The van der Waals surface area contributed by atoms with E-state index >= 15 is 0 Å². The molecular weight excluding hydrogens is 237 g/mol. The molecule has 1 rings (SSSR count). The number of esters is 1. The van der Waals surface area contributed by atoms with Gasteiger partial charge in [0.1, 0.15) is 5.82 Å². The molecule has 0 radical (unpaired) electrons. The predicted molar refractivity (Wildman–Crippen MR) is 69.2 cm³/mol. The van der Waals surface area contributed by atoms with E-state index in [-0.39, 0.29) is 16.9 Å². The molecule has 0 spiro atoms. The summed E-state index contributed by atoms with van der Waals surface area (Å²) in [6, 6.07) is 2.48. The van der Waals surface area contributed by atoms with Gasteiger partial charge in [0.15, 0.2) is 0 Å². The van der Waals surface area contributed by atoms with Gasteiger partial charge in [0.25, 0.3) is 0 Å². The SMILES string of the molecule is COC(=O)c1cc(NCCN(C)C)c(F)cc1N. The van der Waals surface area contributed by atoms with Crippen LogP contribution in [0.4, 0.5) is 15.8 Å². The Hall–Kier alpha value is -1.82. The van der Waals surface area contributed by atoms with Gasteiger partial charge in [-0.3, -0.25) is 0 Å². The molecule has 0 saturated carbocycles. The van der Waals surface area contributed by atoms with Crippen LogP contribution in [-0.2, 0) is 4.74 Å². The molecule has 1 aromatic carbocycles. The van der Waals surface area contributed by atoms with E-state index in [1.54, 1.807) is 0 Å². The van der Waals surface area contributed by atoms with Crippen molar-refractivity contribution in [2.75, 3.05) is 45.3 Å². The number of hydrogen-bond donors (Lipinski definition) is 2. The molecule has 0 aromatic heterocycles. The van der Waals surface area contributed by atoms with E-state index in [1.165, 1.54) is 13.2 Å². The molecule has 100 valence electrons. The van der Waals surface area contributed by atoms with Crippen molar-refractivity contribution in [2.45, 2.75) is 0 Å². The molecule has 3 N–H and O–H groups in total. The fourth-order valence-corrected chi connectivity index (χ4v) is 1.43. The normalized spacial score (nSPS) is 10.5. The number of nitrogen functional groups attached to an aromatic ring is 1. The first-order valence-electron chi connectivity index (χ1n) is 5.51. The van der Waals surface area contributed by atoms with Gasteiger partial charge in [-0.15, -0.1) is 0 Å². The summed E-state index contributed by atoms with van der Waals surface area (Å²) in [7, 11) is 5.09. The van der Waals surface area contributed by atoms with Gasteiger partial charge >= 0.3 is 5.97 Å². The highest BCUT2D eigenvalue weighted by molar-refractivity contribution is 5.96. The first kappa shape index (κ1) is 14.2. The summed E-state index contributed by atoms with van der Waals surface area (Å²) in [5.74, 6) is -1.07. The van der Waals surface area contributed by atoms with Crippen molar-refractivity contribution >= 4 is 17.3 Å². The lowest BCUT2D eigenvalue weighted by molar-refractivity contribution is 0.0602. The number of methoxy groups -OCH3 is 1. The average molecular weight is 255 g/mol. The zero-order valence-electron chi connectivity index (χ0n) is 10.8. The summed E-state index contributed by atoms with van der Waals surface area (Å²) in [6.45, 7) is 1.31. The lowest BCUT2D eigenvalue weighted by atomic mass is 10.1. The second-order valence-corrected chi connectivity index (χ2v) is 4.14. The van der Waals surface area contributed by atoms with Gasteiger partial charge in [-0.2, -0.15) is 0 Å². The van der Waals surface area contributed by atoms with Crippen molar-refractivity contribution < 1.29 is 13.9 Å². The lowest BCUT2D eigenvalue weighted by Crippen LogP contribution is -2.21. The van der Waals surface area contributed by atoms with Crippen molar-refractivity contribution in [3.63, 3.8) is 0 Å². The summed E-state index contributed by atoms with van der Waals surface area (Å²) in [5, 5.41) is 2.91. The van der Waals surface area contributed by atoms with E-state index in [4.69, 9.17) is 5.73 Å². The maximum absolute atomic E-state index is 13.6. The molecule has 18 heavy (non-hydrogen) atoms. The number of carbonyl (C=O) groups is 1. The monoisotopic (exact) mass is 255 g/mol. The maximum Gasteiger partial charge on any atom is 0.340 e. The van der Waals surface area contributed by atoms with E-state index in [0.29, 0.717) is 6.54 Å². The zero-order valence-corrected chi connectivity index (χ0v) is 10.8. The van der Waals surface area contributed by atoms with Crippen LogP contribution in [0.5, 0.6) is 0 Å². The molecule has 0 fully saturated rings. The number of benzene rings is 1. The molecule has 1 aromatic rings. The highest BCUT2D eigenvalue weighted by Gasteiger charge is 2.14. The van der Waals surface area contributed by atoms with Gasteiger partial charge in [-0.05, 0) is 26.2 Å². The van der Waals surface area contributed by atoms with Crippen molar-refractivity contribution in [3.05, 3.63) is 23.5 Å². The molecule has 0 heterocycles. The minimum atomic E-state index is -0.580. The van der Waals surface area contributed by atoms with Crippen LogP contribution in [0.15, 0.2) is 12.1 Å². The average Bonchev–Trinajstić information content (AvgIpc) is 2.30. The molecule has 0 bridgehead atoms. The molecule has 0 saturated heterocycles. The van der Waals surface area contributed by atoms with Crippen LogP contribution in [0.1, 0.15) is 10.4 Å². The van der Waals surface area contributed by atoms with Gasteiger partial charge in [-0.25, -0.2) is 9.18 Å². The zero-order chi connectivity index (χ0) is 13.7. The quantitative estimate of drug-likeness (QED) is 0.610. The second kappa shape index (κ2) is 6.20. The second-order valence-electron chi connectivity index (χ2n) is 4.14. The van der Waals surface area contributed by atoms with Crippen LogP contribution in [0, 0.1) is 5.82 Å². The molecule has 6 heteroatoms. The molecule has 0 aliphatic heterocycles. The van der Waals surface area contributed by atoms with Crippen molar-refractivity contribution in [2.24, 2.45) is 0 Å². The molecular formula is C12H18FN3O2. The summed E-state index contributed by atoms with van der Waals surface area (Å²) in [4.78, 5) is 13.4. The predicted octanol–water partition coefficient (Wildman–Crippen LogP) is 1.17. The van der Waals surface area contributed by atoms with Crippen LogP contribution < -0.4 is 11.1 Å². The molecule has 0 amide bonds. The highest BCUT2D eigenvalue weighted by atomic mass is 19.1. The van der Waals surface area contributed by atoms with Crippen molar-refractivity contribution in [3.8, 4) is 0 Å². The van der Waals surface area contributed by atoms with E-state index in [9.17, 15) is 9.18 Å². The highest BCUT2D eigenvalue weighted by Crippen LogP contribution is 2.22. The standard InChI is InChI=1S/C12H18FN3O2/c1-16(2)5-4-15-11-6-8(12(17)18-3)10(14)7-9(11)13/h6-7,15H,4-5,14H2,1-3H3. The number of nitrogens with one attached hydrogen (secondary N) is 1. The van der Waals surface area contributed by atoms with E-state index in [1.807, 2.05) is 19.0 Å². The van der Waals surface area contributed by atoms with E-state index in [0.717, 1.165) is 12.6 Å². The smallest absolute Gasteiger partial charge is 0.340 e. The van der Waals surface area contributed by atoms with E-state index < -0.39 is 11.8 Å². The van der Waals surface area contributed by atoms with Gasteiger partial charge in [0.2, 0.25) is 0 Å². The van der Waals surface area contributed by atoms with Crippen LogP contribution in [0.3, 0.4) is 0 Å². The summed E-state index contributed by atoms with van der Waals surface area (Å²) < 4.78 is 18.2. The number of ether oxygens (including phenoxy) is 1. The Morgan fingerprint density at radius 1 is 1.50 bits per heavy atom. The number of carbonyl (C=O) groups excluding carboxylic acids is 1. The number of nitrogens with two attached hydrogens (primary N) is 1. The van der Waals surface area contributed by atoms with Crippen molar-refractivity contribution in [1.82, 2.24) is 4.90 Å². The van der Waals surface area contributed by atoms with Crippen LogP contribution >= 0.6 is 0 Å². The Kier molecular flexibility index (Phi) is 4.91. The fraction of sp³-hybridized carbons (Fsp3) is 0.417. The van der Waals surface area contributed by atoms with Crippen LogP contribution in [-0.4, -0.2) is 45.2 Å². The van der Waals surface area contributed by atoms with Gasteiger partial charge in [0, 0.05) is 18.8 Å². The van der Waals surface area contributed by atoms with Crippen molar-refractivity contribution in [1.29, 1.82) is 0 Å². The molecule has 0 aliphatic rings. The van der Waals surface area contributed by atoms with Gasteiger partial charge < -0.3 is 20.7 Å². The summed E-state index contributed by atoms with van der Waals surface area (Å²) in [5.41, 5.74) is 6.03. The topological polar surface area (TPSA) is 67.6 Å². The Morgan fingerprint density at radius 3 is 2.72 bits per heavy atom. The van der Waals surface area contributed by atoms with Crippen LogP contribution in [0.25, 0.3) is 0 Å². The third-order valence-electron chi connectivity index (χ3n) is 2.42. The first-order valence-corrected chi connectivity index (χ1v) is 5.51. The molecule has 0 unspecified atom stereocenters. The number of anilines is 2. The van der Waals surface area contributed by atoms with Gasteiger partial charge in [0.05, 0.1) is 18.4 Å². The third-order valence-corrected chi connectivity index (χ3v) is 2.42. The minimum Gasteiger partial charge on any atom is -0.465 e. The largest absolute Gasteiger partial charge is 0.465 e. The minimum absolute atomic E-state index is 0.0671. The number of nitrogens with zero attached hydrogens (tertiary/aromatic N) is 1. The Balaban J connectivity index is 2.88. The molecule has 0 atom stereocenters. The molecule has 5 nitrogen and oxygen atoms in total. The van der Waals surface area contributed by atoms with Gasteiger partial charge in [-0.1, -0.05) is 0 Å². The Labute approximate surface area is 106 Å². The Morgan fingerprint density at radius 2 is 2.17 bits per heavy atom. The number of rotatable bonds is 5. The fourth-order valence-electron chi connectivity index (χ4n) is 1.43. The van der Waals surface area contributed by atoms with E-state index in [2.05, 4.69) is 10.1 Å². The first-order chi connectivity index (χ1) is 8.45. The van der Waals surface area contributed by atoms with Crippen LogP contribution in [0.2, 0.25) is 0 Å². The maximum atomic E-state index is 13.6. The summed E-state index contributed by atoms with van der Waals surface area (Å²) in [6.07, 6.45) is 0. The molecule has 0 aliphatic carbocycles. The Bertz CT molecular complexity index is 436. The number of likely N-dealkylation sites (N-methyl/N-ethyl adjacent to an activating group) is 1. The summed E-state index contributed by atoms with van der Waals surface area (Å²) >= 11 is 0. The number of hydrogen-bond acceptors (Lipinski definition) is 5. The lowest BCUT2D eigenvalue weighted by Gasteiger charge is -2.13. The third kappa shape index (κ3) is 3.59.